The Bertz CT molecular complexity index is 655. The Hall–Kier alpha value is -2.20. The standard InChI is InChI=1S/C10H13N3O6S/c1-6-4-8(19-3-2-10(11)14)7(13(15)16)5-9(6)20(12,17)18/h4-5H,2-3H2,1H3,(H2,11,14)(H2,12,17,18). The molecule has 1 rings (SSSR count). The van der Waals surface area contributed by atoms with E-state index in [0.717, 1.165) is 6.07 Å². The molecule has 1 aromatic rings. The Morgan fingerprint density at radius 3 is 2.50 bits per heavy atom. The molecular weight excluding hydrogens is 290 g/mol. The number of sulfonamides is 1. The van der Waals surface area contributed by atoms with Crippen LogP contribution in [0, 0.1) is 17.0 Å². The fraction of sp³-hybridized carbons (Fsp3) is 0.300. The molecule has 0 aliphatic heterocycles. The number of amides is 1. The number of nitrogens with zero attached hydrogens (tertiary/aromatic N) is 1. The molecule has 110 valence electrons. The molecule has 0 aliphatic rings. The third kappa shape index (κ3) is 3.90. The SMILES string of the molecule is Cc1cc(OCCC(N)=O)c([N+](=O)[O-])cc1S(N)(=O)=O. The minimum Gasteiger partial charge on any atom is -0.486 e. The van der Waals surface area contributed by atoms with Gasteiger partial charge in [-0.3, -0.25) is 14.9 Å². The summed E-state index contributed by atoms with van der Waals surface area (Å²) in [6.07, 6.45) is -0.118. The van der Waals surface area contributed by atoms with Crippen molar-refractivity contribution < 1.29 is 22.9 Å². The normalized spacial score (nSPS) is 11.1. The molecule has 4 N–H and O–H groups in total. The zero-order chi connectivity index (χ0) is 15.5. The van der Waals surface area contributed by atoms with Crippen LogP contribution in [0.4, 0.5) is 5.69 Å². The van der Waals surface area contributed by atoms with Crippen molar-refractivity contribution >= 4 is 21.6 Å². The van der Waals surface area contributed by atoms with E-state index < -0.39 is 26.5 Å². The van der Waals surface area contributed by atoms with Gasteiger partial charge in [-0.1, -0.05) is 0 Å². The maximum Gasteiger partial charge on any atom is 0.312 e. The van der Waals surface area contributed by atoms with E-state index in [1.165, 1.54) is 13.0 Å². The van der Waals surface area contributed by atoms with Crippen LogP contribution in [0.3, 0.4) is 0 Å². The van der Waals surface area contributed by atoms with Crippen LogP contribution < -0.4 is 15.6 Å². The molecule has 0 fully saturated rings. The second kappa shape index (κ2) is 5.84. The van der Waals surface area contributed by atoms with E-state index in [2.05, 4.69) is 0 Å². The number of primary amides is 1. The number of benzene rings is 1. The molecule has 0 heterocycles. The van der Waals surface area contributed by atoms with E-state index in [1.54, 1.807) is 0 Å². The van der Waals surface area contributed by atoms with Crippen LogP contribution in [0.5, 0.6) is 5.75 Å². The van der Waals surface area contributed by atoms with Gasteiger partial charge in [0.15, 0.2) is 5.75 Å². The minimum absolute atomic E-state index is 0.118. The average molecular weight is 303 g/mol. The largest absolute Gasteiger partial charge is 0.486 e. The van der Waals surface area contributed by atoms with Crippen LogP contribution in [-0.4, -0.2) is 25.9 Å². The Balaban J connectivity index is 3.22. The summed E-state index contributed by atoms with van der Waals surface area (Å²) in [5.74, 6) is -0.772. The molecule has 1 aromatic carbocycles. The van der Waals surface area contributed by atoms with Gasteiger partial charge < -0.3 is 10.5 Å². The summed E-state index contributed by atoms with van der Waals surface area (Å²) in [4.78, 5) is 20.3. The first-order valence-corrected chi connectivity index (χ1v) is 6.90. The number of nitro benzene ring substituents is 1. The van der Waals surface area contributed by atoms with Crippen molar-refractivity contribution in [1.29, 1.82) is 0 Å². The van der Waals surface area contributed by atoms with E-state index in [9.17, 15) is 23.3 Å². The van der Waals surface area contributed by atoms with Crippen molar-refractivity contribution in [2.45, 2.75) is 18.2 Å². The number of aryl methyl sites for hydroxylation is 1. The monoisotopic (exact) mass is 303 g/mol. The second-order valence-electron chi connectivity index (χ2n) is 3.95. The molecule has 0 saturated carbocycles. The Morgan fingerprint density at radius 2 is 2.05 bits per heavy atom. The third-order valence-corrected chi connectivity index (χ3v) is 3.42. The van der Waals surface area contributed by atoms with Gasteiger partial charge in [-0.15, -0.1) is 0 Å². The topological polar surface area (TPSA) is 156 Å². The first-order chi connectivity index (χ1) is 9.12. The molecule has 0 unspecified atom stereocenters. The first-order valence-electron chi connectivity index (χ1n) is 5.36. The lowest BCUT2D eigenvalue weighted by atomic mass is 10.2. The van der Waals surface area contributed by atoms with Gasteiger partial charge in [0.25, 0.3) is 0 Å². The molecule has 0 radical (unpaired) electrons. The predicted octanol–water partition coefficient (Wildman–Crippen LogP) is -0.195. The van der Waals surface area contributed by atoms with Gasteiger partial charge in [-0.2, -0.15) is 0 Å². The Kier molecular flexibility index (Phi) is 4.63. The van der Waals surface area contributed by atoms with Crippen LogP contribution in [0.15, 0.2) is 17.0 Å². The summed E-state index contributed by atoms with van der Waals surface area (Å²) in [5, 5.41) is 15.9. The maximum atomic E-state index is 11.3. The highest BCUT2D eigenvalue weighted by molar-refractivity contribution is 7.89. The van der Waals surface area contributed by atoms with Gasteiger partial charge >= 0.3 is 5.69 Å². The van der Waals surface area contributed by atoms with Crippen molar-refractivity contribution in [2.75, 3.05) is 6.61 Å². The van der Waals surface area contributed by atoms with Gasteiger partial charge in [-0.05, 0) is 18.6 Å². The molecule has 0 aliphatic carbocycles. The fourth-order valence-corrected chi connectivity index (χ4v) is 2.26. The number of nitrogens with two attached hydrogens (primary N) is 2. The van der Waals surface area contributed by atoms with Gasteiger partial charge in [0.1, 0.15) is 0 Å². The molecule has 10 heteroatoms. The van der Waals surface area contributed by atoms with Crippen molar-refractivity contribution in [1.82, 2.24) is 0 Å². The zero-order valence-corrected chi connectivity index (χ0v) is 11.3. The lowest BCUT2D eigenvalue weighted by molar-refractivity contribution is -0.386. The van der Waals surface area contributed by atoms with E-state index >= 15 is 0 Å². The molecular formula is C10H13N3O6S. The van der Waals surface area contributed by atoms with E-state index in [1.807, 2.05) is 0 Å². The Labute approximate surface area is 114 Å². The second-order valence-corrected chi connectivity index (χ2v) is 5.48. The van der Waals surface area contributed by atoms with E-state index in [4.69, 9.17) is 15.6 Å². The van der Waals surface area contributed by atoms with Crippen LogP contribution in [0.1, 0.15) is 12.0 Å². The van der Waals surface area contributed by atoms with Crippen LogP contribution in [0.2, 0.25) is 0 Å². The number of ether oxygens (including phenoxy) is 1. The van der Waals surface area contributed by atoms with Gasteiger partial charge in [0.05, 0.1) is 22.8 Å². The lowest BCUT2D eigenvalue weighted by Gasteiger charge is -2.09. The molecule has 9 nitrogen and oxygen atoms in total. The summed E-state index contributed by atoms with van der Waals surface area (Å²) in [6, 6.07) is 2.00. The summed E-state index contributed by atoms with van der Waals surface area (Å²) >= 11 is 0. The zero-order valence-electron chi connectivity index (χ0n) is 10.5. The van der Waals surface area contributed by atoms with Crippen LogP contribution in [-0.2, 0) is 14.8 Å². The first kappa shape index (κ1) is 15.9. The summed E-state index contributed by atoms with van der Waals surface area (Å²) in [7, 11) is -4.07. The number of hydrogen-bond acceptors (Lipinski definition) is 6. The molecule has 0 saturated heterocycles. The Morgan fingerprint density at radius 1 is 1.45 bits per heavy atom. The number of carbonyl (C=O) groups is 1. The highest BCUT2D eigenvalue weighted by Gasteiger charge is 2.22. The molecule has 20 heavy (non-hydrogen) atoms. The third-order valence-electron chi connectivity index (χ3n) is 2.37. The van der Waals surface area contributed by atoms with Gasteiger partial charge in [0, 0.05) is 6.07 Å². The number of carbonyl (C=O) groups excluding carboxylic acids is 1. The van der Waals surface area contributed by atoms with Crippen LogP contribution >= 0.6 is 0 Å². The van der Waals surface area contributed by atoms with Crippen molar-refractivity contribution in [3.8, 4) is 5.75 Å². The lowest BCUT2D eigenvalue weighted by Crippen LogP contribution is -2.16. The average Bonchev–Trinajstić information content (AvgIpc) is 2.26. The molecule has 1 amide bonds. The number of rotatable bonds is 6. The van der Waals surface area contributed by atoms with Crippen LogP contribution in [0.25, 0.3) is 0 Å². The molecule has 0 aromatic heterocycles. The predicted molar refractivity (Wildman–Crippen MR) is 68.5 cm³/mol. The van der Waals surface area contributed by atoms with Gasteiger partial charge in [-0.25, -0.2) is 13.6 Å². The summed E-state index contributed by atoms with van der Waals surface area (Å²) in [5.41, 5.74) is 4.57. The van der Waals surface area contributed by atoms with Crippen molar-refractivity contribution in [3.05, 3.63) is 27.8 Å². The fourth-order valence-electron chi connectivity index (χ4n) is 1.48. The van der Waals surface area contributed by atoms with Crippen molar-refractivity contribution in [3.63, 3.8) is 0 Å². The number of hydrogen-bond donors (Lipinski definition) is 2. The van der Waals surface area contributed by atoms with Gasteiger partial charge in [0.2, 0.25) is 15.9 Å². The maximum absolute atomic E-state index is 11.3. The summed E-state index contributed by atoms with van der Waals surface area (Å²) < 4.78 is 27.7. The smallest absolute Gasteiger partial charge is 0.312 e. The minimum atomic E-state index is -4.07. The van der Waals surface area contributed by atoms with E-state index in [-0.39, 0.29) is 29.2 Å². The van der Waals surface area contributed by atoms with Crippen molar-refractivity contribution in [2.24, 2.45) is 10.9 Å². The molecule has 0 spiro atoms. The highest BCUT2D eigenvalue weighted by Crippen LogP contribution is 2.32. The molecule has 0 atom stereocenters. The number of nitro groups is 1. The van der Waals surface area contributed by atoms with E-state index in [0.29, 0.717) is 0 Å². The number of primary sulfonamides is 1. The summed E-state index contributed by atoms with van der Waals surface area (Å²) in [6.45, 7) is 1.27. The highest BCUT2D eigenvalue weighted by atomic mass is 32.2. The molecule has 0 bridgehead atoms. The quantitative estimate of drug-likeness (QED) is 0.547.